The first kappa shape index (κ1) is 9.48. The summed E-state index contributed by atoms with van der Waals surface area (Å²) in [7, 11) is 2.00. The quantitative estimate of drug-likeness (QED) is 0.647. The highest BCUT2D eigenvalue weighted by Gasteiger charge is 2.10. The van der Waals surface area contributed by atoms with Gasteiger partial charge in [0.25, 0.3) is 0 Å². The van der Waals surface area contributed by atoms with Crippen LogP contribution < -0.4 is 5.73 Å². The summed E-state index contributed by atoms with van der Waals surface area (Å²) in [5.41, 5.74) is 7.84. The first-order valence-corrected chi connectivity index (χ1v) is 5.34. The molecule has 4 heteroatoms. The Kier molecular flexibility index (Phi) is 1.85. The molecular weight excluding hydrogens is 222 g/mol. The van der Waals surface area contributed by atoms with Crippen LogP contribution in [0.15, 0.2) is 30.5 Å². The van der Waals surface area contributed by atoms with Gasteiger partial charge in [0, 0.05) is 17.8 Å². The molecule has 0 aliphatic heterocycles. The Morgan fingerprint density at radius 1 is 1.31 bits per heavy atom. The minimum absolute atomic E-state index is 0.514. The lowest BCUT2D eigenvalue weighted by Gasteiger charge is -1.96. The molecule has 0 spiro atoms. The predicted octanol–water partition coefficient (Wildman–Crippen LogP) is 2.96. The van der Waals surface area contributed by atoms with Crippen LogP contribution in [0.5, 0.6) is 0 Å². The maximum Gasteiger partial charge on any atom is 0.124 e. The van der Waals surface area contributed by atoms with E-state index in [-0.39, 0.29) is 0 Å². The number of benzene rings is 1. The van der Waals surface area contributed by atoms with E-state index in [1.165, 1.54) is 0 Å². The normalized spacial score (nSPS) is 11.4. The third-order valence-electron chi connectivity index (χ3n) is 2.89. The summed E-state index contributed by atoms with van der Waals surface area (Å²) in [6.45, 7) is 0. The second kappa shape index (κ2) is 3.12. The molecule has 1 aromatic carbocycles. The molecule has 0 fully saturated rings. The van der Waals surface area contributed by atoms with Gasteiger partial charge in [0.2, 0.25) is 0 Å². The van der Waals surface area contributed by atoms with Crippen molar-refractivity contribution in [2.24, 2.45) is 7.05 Å². The highest BCUT2D eigenvalue weighted by atomic mass is 35.5. The molecule has 2 N–H and O–H groups in total. The van der Waals surface area contributed by atoms with Gasteiger partial charge in [-0.25, -0.2) is 4.98 Å². The highest BCUT2D eigenvalue weighted by Crippen LogP contribution is 2.33. The van der Waals surface area contributed by atoms with Crippen LogP contribution in [0.1, 0.15) is 0 Å². The molecule has 2 aromatic heterocycles. The smallest absolute Gasteiger partial charge is 0.124 e. The van der Waals surface area contributed by atoms with E-state index in [1.807, 2.05) is 31.3 Å². The average molecular weight is 232 g/mol. The number of aryl methyl sites for hydroxylation is 1. The van der Waals surface area contributed by atoms with Crippen LogP contribution in [0, 0.1) is 0 Å². The second-order valence-electron chi connectivity index (χ2n) is 3.82. The first-order valence-electron chi connectivity index (χ1n) is 4.96. The molecule has 3 nitrogen and oxygen atoms in total. The van der Waals surface area contributed by atoms with Gasteiger partial charge in [0.15, 0.2) is 0 Å². The van der Waals surface area contributed by atoms with Crippen molar-refractivity contribution >= 4 is 39.2 Å². The number of hydrogen-bond acceptors (Lipinski definition) is 2. The standard InChI is InChI=1S/C12H10ClN3/c1-16-9-4-2-3-8(13)12(9)7-5-11(14)15-6-10(7)16/h2-6H,1H3,(H2,14,15). The average Bonchev–Trinajstić information content (AvgIpc) is 2.54. The van der Waals surface area contributed by atoms with Crippen LogP contribution in [0.25, 0.3) is 21.8 Å². The minimum Gasteiger partial charge on any atom is -0.384 e. The lowest BCUT2D eigenvalue weighted by atomic mass is 10.2. The summed E-state index contributed by atoms with van der Waals surface area (Å²) in [4.78, 5) is 4.11. The van der Waals surface area contributed by atoms with Crippen LogP contribution in [0.4, 0.5) is 5.82 Å². The Morgan fingerprint density at radius 2 is 2.12 bits per heavy atom. The SMILES string of the molecule is Cn1c2cnc(N)cc2c2c(Cl)cccc21. The molecule has 0 unspecified atom stereocenters. The molecule has 0 radical (unpaired) electrons. The van der Waals surface area contributed by atoms with Crippen LogP contribution in [-0.2, 0) is 7.05 Å². The van der Waals surface area contributed by atoms with Crippen LogP contribution in [0.3, 0.4) is 0 Å². The zero-order valence-corrected chi connectivity index (χ0v) is 9.49. The zero-order chi connectivity index (χ0) is 11.3. The third kappa shape index (κ3) is 1.12. The van der Waals surface area contributed by atoms with Gasteiger partial charge in [0.1, 0.15) is 5.82 Å². The van der Waals surface area contributed by atoms with Gasteiger partial charge in [-0.2, -0.15) is 0 Å². The van der Waals surface area contributed by atoms with Crippen molar-refractivity contribution in [1.82, 2.24) is 9.55 Å². The van der Waals surface area contributed by atoms with Crippen LogP contribution in [0.2, 0.25) is 5.02 Å². The lowest BCUT2D eigenvalue weighted by molar-refractivity contribution is 1.01. The monoisotopic (exact) mass is 231 g/mol. The number of halogens is 1. The van der Waals surface area contributed by atoms with Crippen molar-refractivity contribution in [3.63, 3.8) is 0 Å². The molecule has 80 valence electrons. The fourth-order valence-corrected chi connectivity index (χ4v) is 2.39. The molecule has 0 aliphatic rings. The summed E-state index contributed by atoms with van der Waals surface area (Å²) in [6, 6.07) is 7.74. The molecule has 3 rings (SSSR count). The number of pyridine rings is 1. The van der Waals surface area contributed by atoms with Crippen LogP contribution in [-0.4, -0.2) is 9.55 Å². The van der Waals surface area contributed by atoms with E-state index in [0.717, 1.165) is 26.8 Å². The lowest BCUT2D eigenvalue weighted by Crippen LogP contribution is -1.90. The Hall–Kier alpha value is -1.74. The van der Waals surface area contributed by atoms with E-state index in [2.05, 4.69) is 9.55 Å². The third-order valence-corrected chi connectivity index (χ3v) is 3.20. The van der Waals surface area contributed by atoms with Crippen molar-refractivity contribution in [2.75, 3.05) is 5.73 Å². The van der Waals surface area contributed by atoms with E-state index >= 15 is 0 Å². The topological polar surface area (TPSA) is 43.8 Å². The Balaban J connectivity index is 2.66. The molecule has 2 heterocycles. The van der Waals surface area contributed by atoms with Gasteiger partial charge in [0.05, 0.1) is 22.3 Å². The number of anilines is 1. The van der Waals surface area contributed by atoms with E-state index < -0.39 is 0 Å². The van der Waals surface area contributed by atoms with Gasteiger partial charge >= 0.3 is 0 Å². The molecule has 0 saturated carbocycles. The number of hydrogen-bond donors (Lipinski definition) is 1. The molecule has 0 aliphatic carbocycles. The van der Waals surface area contributed by atoms with Gasteiger partial charge in [-0.3, -0.25) is 0 Å². The molecule has 3 aromatic rings. The maximum absolute atomic E-state index is 6.23. The van der Waals surface area contributed by atoms with Crippen molar-refractivity contribution in [3.8, 4) is 0 Å². The van der Waals surface area contributed by atoms with Gasteiger partial charge in [-0.15, -0.1) is 0 Å². The van der Waals surface area contributed by atoms with E-state index in [9.17, 15) is 0 Å². The number of nitrogen functional groups attached to an aromatic ring is 1. The van der Waals surface area contributed by atoms with E-state index in [4.69, 9.17) is 17.3 Å². The van der Waals surface area contributed by atoms with Crippen molar-refractivity contribution in [1.29, 1.82) is 0 Å². The van der Waals surface area contributed by atoms with Gasteiger partial charge < -0.3 is 10.3 Å². The maximum atomic E-state index is 6.23. The summed E-state index contributed by atoms with van der Waals surface area (Å²) in [6.07, 6.45) is 1.78. The minimum atomic E-state index is 0.514. The number of rotatable bonds is 0. The molecule has 0 amide bonds. The van der Waals surface area contributed by atoms with Crippen molar-refractivity contribution in [3.05, 3.63) is 35.5 Å². The largest absolute Gasteiger partial charge is 0.384 e. The number of nitrogens with zero attached hydrogens (tertiary/aromatic N) is 2. The summed E-state index contributed by atoms with van der Waals surface area (Å²) in [5.74, 6) is 0.514. The number of aromatic nitrogens is 2. The summed E-state index contributed by atoms with van der Waals surface area (Å²) in [5, 5.41) is 2.83. The fourth-order valence-electron chi connectivity index (χ4n) is 2.12. The molecule has 0 saturated heterocycles. The first-order chi connectivity index (χ1) is 7.68. The molecular formula is C12H10ClN3. The fraction of sp³-hybridized carbons (Fsp3) is 0.0833. The number of nitrogens with two attached hydrogens (primary N) is 1. The summed E-state index contributed by atoms with van der Waals surface area (Å²) >= 11 is 6.23. The predicted molar refractivity (Wildman–Crippen MR) is 67.6 cm³/mol. The molecule has 0 atom stereocenters. The Bertz CT molecular complexity index is 700. The van der Waals surface area contributed by atoms with E-state index in [1.54, 1.807) is 6.20 Å². The Morgan fingerprint density at radius 3 is 2.94 bits per heavy atom. The van der Waals surface area contributed by atoms with Crippen LogP contribution >= 0.6 is 11.6 Å². The zero-order valence-electron chi connectivity index (χ0n) is 8.74. The van der Waals surface area contributed by atoms with Crippen molar-refractivity contribution in [2.45, 2.75) is 0 Å². The molecule has 0 bridgehead atoms. The van der Waals surface area contributed by atoms with Gasteiger partial charge in [-0.1, -0.05) is 17.7 Å². The van der Waals surface area contributed by atoms with E-state index in [0.29, 0.717) is 5.82 Å². The van der Waals surface area contributed by atoms with Gasteiger partial charge in [-0.05, 0) is 18.2 Å². The Labute approximate surface area is 97.4 Å². The molecule has 16 heavy (non-hydrogen) atoms. The highest BCUT2D eigenvalue weighted by molar-refractivity contribution is 6.38. The second-order valence-corrected chi connectivity index (χ2v) is 4.23. The number of fused-ring (bicyclic) bond motifs is 3. The van der Waals surface area contributed by atoms with Crippen molar-refractivity contribution < 1.29 is 0 Å². The summed E-state index contributed by atoms with van der Waals surface area (Å²) < 4.78 is 2.07.